The molecule has 111 valence electrons. The predicted octanol–water partition coefficient (Wildman–Crippen LogP) is 1.28. The minimum Gasteiger partial charge on any atom is -0.407 e. The maximum atomic E-state index is 9.67. The lowest BCUT2D eigenvalue weighted by Crippen LogP contribution is -2.46. The van der Waals surface area contributed by atoms with E-state index in [4.69, 9.17) is 4.65 Å². The molecule has 5 heteroatoms. The molecule has 1 unspecified atom stereocenters. The second-order valence-corrected chi connectivity index (χ2v) is 5.73. The third kappa shape index (κ3) is 2.47. The fourth-order valence-electron chi connectivity index (χ4n) is 3.16. The summed E-state index contributed by atoms with van der Waals surface area (Å²) in [7, 11) is 1.64. The number of hydrogen-bond donors (Lipinski definition) is 1. The Hall–Kier alpha value is -1.98. The van der Waals surface area contributed by atoms with Gasteiger partial charge in [-0.2, -0.15) is 0 Å². The van der Waals surface area contributed by atoms with Crippen LogP contribution in [0.1, 0.15) is 11.9 Å². The van der Waals surface area contributed by atoms with Crippen LogP contribution >= 0.6 is 0 Å². The van der Waals surface area contributed by atoms with Crippen molar-refractivity contribution in [1.29, 1.82) is 0 Å². The summed E-state index contributed by atoms with van der Waals surface area (Å²) < 4.78 is 5.14. The van der Waals surface area contributed by atoms with E-state index >= 15 is 0 Å². The molecule has 1 saturated heterocycles. The first-order valence-electron chi connectivity index (χ1n) is 7.67. The SMILES string of the molecule is OC1O[B]c2cc(N3CCN(c4ccccc4)CC3)ccc21. The van der Waals surface area contributed by atoms with Gasteiger partial charge in [0, 0.05) is 43.1 Å². The van der Waals surface area contributed by atoms with Crippen molar-refractivity contribution in [3.8, 4) is 0 Å². The Morgan fingerprint density at radius 2 is 1.59 bits per heavy atom. The van der Waals surface area contributed by atoms with E-state index in [1.807, 2.05) is 6.07 Å². The third-order valence-corrected chi connectivity index (χ3v) is 4.43. The Morgan fingerprint density at radius 3 is 2.32 bits per heavy atom. The van der Waals surface area contributed by atoms with Gasteiger partial charge in [0.25, 0.3) is 0 Å². The van der Waals surface area contributed by atoms with E-state index in [2.05, 4.69) is 52.3 Å². The fraction of sp³-hybridized carbons (Fsp3) is 0.294. The lowest BCUT2D eigenvalue weighted by atomic mass is 9.87. The molecule has 4 rings (SSSR count). The van der Waals surface area contributed by atoms with Crippen molar-refractivity contribution in [3.05, 3.63) is 54.1 Å². The maximum absolute atomic E-state index is 9.67. The van der Waals surface area contributed by atoms with Gasteiger partial charge in [-0.05, 0) is 29.7 Å². The number of rotatable bonds is 2. The molecule has 2 aliphatic rings. The zero-order valence-corrected chi connectivity index (χ0v) is 12.4. The van der Waals surface area contributed by atoms with E-state index in [0.717, 1.165) is 37.2 Å². The summed E-state index contributed by atoms with van der Waals surface area (Å²) in [6, 6.07) is 16.7. The summed E-state index contributed by atoms with van der Waals surface area (Å²) in [5.74, 6) is 0. The largest absolute Gasteiger partial charge is 0.407 e. The molecule has 1 radical (unpaired) electrons. The molecule has 22 heavy (non-hydrogen) atoms. The normalized spacial score (nSPS) is 20.7. The van der Waals surface area contributed by atoms with Gasteiger partial charge in [-0.1, -0.05) is 24.3 Å². The Bertz CT molecular complexity index is 657. The van der Waals surface area contributed by atoms with E-state index in [9.17, 15) is 5.11 Å². The van der Waals surface area contributed by atoms with E-state index in [1.54, 1.807) is 7.48 Å². The molecular formula is C17H18BN2O2. The summed E-state index contributed by atoms with van der Waals surface area (Å²) in [6.45, 7) is 4.03. The second-order valence-electron chi connectivity index (χ2n) is 5.73. The highest BCUT2D eigenvalue weighted by Crippen LogP contribution is 2.24. The standard InChI is InChI=1S/C17H18BN2O2/c21-17-15-7-6-14(12-16(15)18-22-17)20-10-8-19(9-11-20)13-4-2-1-3-5-13/h1-7,12,17,21H,8-11H2. The van der Waals surface area contributed by atoms with Crippen LogP contribution in [-0.4, -0.2) is 38.8 Å². The quantitative estimate of drug-likeness (QED) is 0.846. The third-order valence-electron chi connectivity index (χ3n) is 4.43. The zero-order valence-electron chi connectivity index (χ0n) is 12.4. The molecule has 1 fully saturated rings. The highest BCUT2D eigenvalue weighted by Gasteiger charge is 2.24. The molecule has 2 aliphatic heterocycles. The molecule has 1 atom stereocenters. The average molecular weight is 293 g/mol. The average Bonchev–Trinajstić information content (AvgIpc) is 2.96. The van der Waals surface area contributed by atoms with Gasteiger partial charge in [0.2, 0.25) is 0 Å². The van der Waals surface area contributed by atoms with Crippen molar-refractivity contribution < 1.29 is 9.76 Å². The molecule has 2 aromatic rings. The molecule has 0 spiro atoms. The molecular weight excluding hydrogens is 275 g/mol. The maximum Gasteiger partial charge on any atom is 0.334 e. The van der Waals surface area contributed by atoms with Crippen molar-refractivity contribution in [2.24, 2.45) is 0 Å². The number of hydrogen-bond acceptors (Lipinski definition) is 4. The van der Waals surface area contributed by atoms with Crippen molar-refractivity contribution in [3.63, 3.8) is 0 Å². The molecule has 0 bridgehead atoms. The summed E-state index contributed by atoms with van der Waals surface area (Å²) in [4.78, 5) is 4.81. The van der Waals surface area contributed by atoms with E-state index < -0.39 is 6.29 Å². The Morgan fingerprint density at radius 1 is 0.909 bits per heavy atom. The molecule has 0 aromatic heterocycles. The van der Waals surface area contributed by atoms with Crippen LogP contribution < -0.4 is 15.3 Å². The molecule has 0 saturated carbocycles. The van der Waals surface area contributed by atoms with Gasteiger partial charge in [-0.15, -0.1) is 0 Å². The smallest absolute Gasteiger partial charge is 0.334 e. The Balaban J connectivity index is 1.46. The number of aliphatic hydroxyl groups is 1. The lowest BCUT2D eigenvalue weighted by Gasteiger charge is -2.37. The van der Waals surface area contributed by atoms with E-state index in [-0.39, 0.29) is 0 Å². The lowest BCUT2D eigenvalue weighted by molar-refractivity contribution is -0.00793. The van der Waals surface area contributed by atoms with Crippen LogP contribution in [0.5, 0.6) is 0 Å². The summed E-state index contributed by atoms with van der Waals surface area (Å²) >= 11 is 0. The summed E-state index contributed by atoms with van der Waals surface area (Å²) in [5.41, 5.74) is 4.32. The van der Waals surface area contributed by atoms with E-state index in [1.165, 1.54) is 11.4 Å². The summed E-state index contributed by atoms with van der Waals surface area (Å²) in [5, 5.41) is 9.67. The monoisotopic (exact) mass is 293 g/mol. The van der Waals surface area contributed by atoms with Crippen LogP contribution in [0.2, 0.25) is 0 Å². The van der Waals surface area contributed by atoms with Gasteiger partial charge in [0.05, 0.1) is 0 Å². The van der Waals surface area contributed by atoms with Crippen LogP contribution in [0.25, 0.3) is 0 Å². The highest BCUT2D eigenvalue weighted by atomic mass is 16.6. The molecule has 2 aromatic carbocycles. The number of para-hydroxylation sites is 1. The first-order chi connectivity index (χ1) is 10.8. The molecule has 2 heterocycles. The molecule has 0 amide bonds. The first kappa shape index (κ1) is 13.7. The van der Waals surface area contributed by atoms with E-state index in [0.29, 0.717) is 0 Å². The van der Waals surface area contributed by atoms with Gasteiger partial charge in [0.1, 0.15) is 0 Å². The summed E-state index contributed by atoms with van der Waals surface area (Å²) in [6.07, 6.45) is -0.807. The van der Waals surface area contributed by atoms with Gasteiger partial charge in [-0.25, -0.2) is 0 Å². The fourth-order valence-corrected chi connectivity index (χ4v) is 3.16. The number of nitrogens with zero attached hydrogens (tertiary/aromatic N) is 2. The van der Waals surface area contributed by atoms with Gasteiger partial charge in [0.15, 0.2) is 6.29 Å². The number of piperazine rings is 1. The van der Waals surface area contributed by atoms with Crippen molar-refractivity contribution in [1.82, 2.24) is 0 Å². The van der Waals surface area contributed by atoms with Crippen molar-refractivity contribution >= 4 is 24.3 Å². The number of benzene rings is 2. The Labute approximate surface area is 131 Å². The van der Waals surface area contributed by atoms with Crippen molar-refractivity contribution in [2.75, 3.05) is 36.0 Å². The highest BCUT2D eigenvalue weighted by molar-refractivity contribution is 6.49. The minimum atomic E-state index is -0.807. The van der Waals surface area contributed by atoms with Crippen molar-refractivity contribution in [2.45, 2.75) is 6.29 Å². The molecule has 1 N–H and O–H groups in total. The van der Waals surface area contributed by atoms with Crippen LogP contribution in [0, 0.1) is 0 Å². The molecule has 4 nitrogen and oxygen atoms in total. The topological polar surface area (TPSA) is 35.9 Å². The van der Waals surface area contributed by atoms with Crippen LogP contribution in [0.4, 0.5) is 11.4 Å². The van der Waals surface area contributed by atoms with Crippen LogP contribution in [0.3, 0.4) is 0 Å². The molecule has 0 aliphatic carbocycles. The van der Waals surface area contributed by atoms with Crippen LogP contribution in [0.15, 0.2) is 48.5 Å². The zero-order chi connectivity index (χ0) is 14.9. The minimum absolute atomic E-state index is 0.807. The number of fused-ring (bicyclic) bond motifs is 1. The van der Waals surface area contributed by atoms with Gasteiger partial charge < -0.3 is 19.6 Å². The Kier molecular flexibility index (Phi) is 3.52. The van der Waals surface area contributed by atoms with Gasteiger partial charge in [-0.3, -0.25) is 0 Å². The predicted molar refractivity (Wildman–Crippen MR) is 88.7 cm³/mol. The number of aliphatic hydroxyl groups excluding tert-OH is 1. The first-order valence-corrected chi connectivity index (χ1v) is 7.67. The van der Waals surface area contributed by atoms with Crippen LogP contribution in [-0.2, 0) is 4.65 Å². The second kappa shape index (κ2) is 5.67. The number of anilines is 2. The van der Waals surface area contributed by atoms with Gasteiger partial charge >= 0.3 is 7.48 Å².